The zero-order chi connectivity index (χ0) is 9.10. The van der Waals surface area contributed by atoms with Gasteiger partial charge in [0.15, 0.2) is 0 Å². The van der Waals surface area contributed by atoms with E-state index >= 15 is 0 Å². The molecule has 2 rings (SSSR count). The molecule has 0 aromatic rings. The molecule has 3 nitrogen and oxygen atoms in total. The Morgan fingerprint density at radius 3 is 3.00 bits per heavy atom. The minimum absolute atomic E-state index is 0.810. The van der Waals surface area contributed by atoms with Crippen molar-refractivity contribution >= 4 is 0 Å². The lowest BCUT2D eigenvalue weighted by atomic mass is 10.00. The van der Waals surface area contributed by atoms with Crippen LogP contribution < -0.4 is 0 Å². The molecule has 2 saturated heterocycles. The molecule has 0 bridgehead atoms. The van der Waals surface area contributed by atoms with E-state index in [4.69, 9.17) is 4.74 Å². The molecule has 1 atom stereocenters. The summed E-state index contributed by atoms with van der Waals surface area (Å²) in [6, 6.07) is 0.817. The smallest absolute Gasteiger partial charge is 0.0987 e. The molecular weight excluding hydrogens is 164 g/mol. The van der Waals surface area contributed by atoms with Crippen LogP contribution in [0.1, 0.15) is 19.3 Å². The number of hydrogen-bond donors (Lipinski definition) is 0. The second-order valence-electron chi connectivity index (χ2n) is 4.18. The standard InChI is InChI=1S/C10H20N2O/c1-13-9-11-6-7-12-5-3-2-4-10(12)8-11/h10H,2-9H2,1H3. The monoisotopic (exact) mass is 184 g/mol. The number of piperidine rings is 1. The molecule has 1 unspecified atom stereocenters. The van der Waals surface area contributed by atoms with Crippen LogP contribution in [-0.2, 0) is 4.74 Å². The van der Waals surface area contributed by atoms with E-state index in [1.807, 2.05) is 0 Å². The predicted octanol–water partition coefficient (Wildman–Crippen LogP) is 0.760. The highest BCUT2D eigenvalue weighted by Crippen LogP contribution is 2.20. The molecule has 2 fully saturated rings. The fourth-order valence-corrected chi connectivity index (χ4v) is 2.52. The predicted molar refractivity (Wildman–Crippen MR) is 52.7 cm³/mol. The summed E-state index contributed by atoms with van der Waals surface area (Å²) < 4.78 is 5.17. The Bertz CT molecular complexity index is 163. The van der Waals surface area contributed by atoms with Crippen molar-refractivity contribution in [2.24, 2.45) is 0 Å². The van der Waals surface area contributed by atoms with E-state index in [1.54, 1.807) is 7.11 Å². The molecule has 2 aliphatic rings. The number of methoxy groups -OCH3 is 1. The molecule has 13 heavy (non-hydrogen) atoms. The molecular formula is C10H20N2O. The van der Waals surface area contributed by atoms with Crippen LogP contribution in [0, 0.1) is 0 Å². The van der Waals surface area contributed by atoms with Crippen molar-refractivity contribution in [3.63, 3.8) is 0 Å². The van der Waals surface area contributed by atoms with Gasteiger partial charge in [-0.2, -0.15) is 0 Å². The summed E-state index contributed by atoms with van der Waals surface area (Å²) in [6.45, 7) is 5.78. The van der Waals surface area contributed by atoms with E-state index < -0.39 is 0 Å². The lowest BCUT2D eigenvalue weighted by molar-refractivity contribution is -0.0104. The van der Waals surface area contributed by atoms with Gasteiger partial charge in [-0.1, -0.05) is 6.42 Å². The van der Waals surface area contributed by atoms with E-state index in [9.17, 15) is 0 Å². The van der Waals surface area contributed by atoms with Crippen LogP contribution in [0.5, 0.6) is 0 Å². The minimum Gasteiger partial charge on any atom is -0.369 e. The Morgan fingerprint density at radius 1 is 1.23 bits per heavy atom. The normalized spacial score (nSPS) is 31.6. The Balaban J connectivity index is 1.84. The van der Waals surface area contributed by atoms with Crippen molar-refractivity contribution in [2.75, 3.05) is 40.0 Å². The van der Waals surface area contributed by atoms with Crippen LogP contribution >= 0.6 is 0 Å². The van der Waals surface area contributed by atoms with Crippen molar-refractivity contribution < 1.29 is 4.74 Å². The first kappa shape index (κ1) is 9.44. The topological polar surface area (TPSA) is 15.7 Å². The van der Waals surface area contributed by atoms with Crippen LogP contribution in [0.3, 0.4) is 0 Å². The lowest BCUT2D eigenvalue weighted by Gasteiger charge is -2.43. The summed E-state index contributed by atoms with van der Waals surface area (Å²) >= 11 is 0. The van der Waals surface area contributed by atoms with Crippen LogP contribution in [0.2, 0.25) is 0 Å². The van der Waals surface area contributed by atoms with Gasteiger partial charge in [0.25, 0.3) is 0 Å². The van der Waals surface area contributed by atoms with Gasteiger partial charge in [0.05, 0.1) is 6.73 Å². The van der Waals surface area contributed by atoms with Crippen LogP contribution in [0.25, 0.3) is 0 Å². The average Bonchev–Trinajstić information content (AvgIpc) is 2.18. The maximum atomic E-state index is 5.17. The second-order valence-corrected chi connectivity index (χ2v) is 4.18. The van der Waals surface area contributed by atoms with Crippen LogP contribution in [-0.4, -0.2) is 55.9 Å². The number of fused-ring (bicyclic) bond motifs is 1. The zero-order valence-electron chi connectivity index (χ0n) is 8.54. The fraction of sp³-hybridized carbons (Fsp3) is 1.00. The van der Waals surface area contributed by atoms with Crippen molar-refractivity contribution in [1.82, 2.24) is 9.80 Å². The molecule has 0 N–H and O–H groups in total. The van der Waals surface area contributed by atoms with Gasteiger partial charge in [-0.25, -0.2) is 0 Å². The van der Waals surface area contributed by atoms with Crippen molar-refractivity contribution in [3.8, 4) is 0 Å². The van der Waals surface area contributed by atoms with Gasteiger partial charge in [-0.05, 0) is 19.4 Å². The van der Waals surface area contributed by atoms with Gasteiger partial charge >= 0.3 is 0 Å². The van der Waals surface area contributed by atoms with E-state index in [2.05, 4.69) is 9.80 Å². The molecule has 0 saturated carbocycles. The molecule has 0 aliphatic carbocycles. The quantitative estimate of drug-likeness (QED) is 0.630. The largest absolute Gasteiger partial charge is 0.369 e. The van der Waals surface area contributed by atoms with Crippen LogP contribution in [0.15, 0.2) is 0 Å². The summed E-state index contributed by atoms with van der Waals surface area (Å²) in [5.41, 5.74) is 0. The van der Waals surface area contributed by atoms with Gasteiger partial charge in [0.2, 0.25) is 0 Å². The third-order valence-corrected chi connectivity index (χ3v) is 3.23. The first-order chi connectivity index (χ1) is 6.40. The highest BCUT2D eigenvalue weighted by molar-refractivity contribution is 4.84. The Hall–Kier alpha value is -0.120. The van der Waals surface area contributed by atoms with E-state index in [1.165, 1.54) is 45.4 Å². The molecule has 0 aromatic heterocycles. The number of hydrogen-bond acceptors (Lipinski definition) is 3. The second kappa shape index (κ2) is 4.40. The highest BCUT2D eigenvalue weighted by atomic mass is 16.5. The fourth-order valence-electron chi connectivity index (χ4n) is 2.52. The van der Waals surface area contributed by atoms with Gasteiger partial charge in [0, 0.05) is 32.8 Å². The third kappa shape index (κ3) is 2.22. The van der Waals surface area contributed by atoms with E-state index in [0.717, 1.165) is 12.8 Å². The molecule has 2 aliphatic heterocycles. The lowest BCUT2D eigenvalue weighted by Crippen LogP contribution is -2.54. The molecule has 2 heterocycles. The minimum atomic E-state index is 0.810. The molecule has 0 aromatic carbocycles. The number of piperazine rings is 1. The van der Waals surface area contributed by atoms with Crippen molar-refractivity contribution in [3.05, 3.63) is 0 Å². The van der Waals surface area contributed by atoms with Gasteiger partial charge in [-0.15, -0.1) is 0 Å². The summed E-state index contributed by atoms with van der Waals surface area (Å²) in [6.07, 6.45) is 4.21. The molecule has 3 heteroatoms. The molecule has 0 radical (unpaired) electrons. The number of ether oxygens (including phenoxy) is 1. The SMILES string of the molecule is COCN1CCN2CCCCC2C1. The number of rotatable bonds is 2. The summed E-state index contributed by atoms with van der Waals surface area (Å²) in [4.78, 5) is 5.07. The highest BCUT2D eigenvalue weighted by Gasteiger charge is 2.28. The first-order valence-electron chi connectivity index (χ1n) is 5.35. The summed E-state index contributed by atoms with van der Waals surface area (Å²) in [5, 5.41) is 0. The molecule has 0 amide bonds. The first-order valence-corrected chi connectivity index (χ1v) is 5.35. The Kier molecular flexibility index (Phi) is 3.19. The number of nitrogens with zero attached hydrogens (tertiary/aromatic N) is 2. The van der Waals surface area contributed by atoms with E-state index in [-0.39, 0.29) is 0 Å². The maximum Gasteiger partial charge on any atom is 0.0987 e. The average molecular weight is 184 g/mol. The van der Waals surface area contributed by atoms with E-state index in [0.29, 0.717) is 0 Å². The molecule has 0 spiro atoms. The van der Waals surface area contributed by atoms with Gasteiger partial charge in [-0.3, -0.25) is 9.80 Å². The Morgan fingerprint density at radius 2 is 2.15 bits per heavy atom. The van der Waals surface area contributed by atoms with Crippen LogP contribution in [0.4, 0.5) is 0 Å². The van der Waals surface area contributed by atoms with Gasteiger partial charge in [0.1, 0.15) is 0 Å². The zero-order valence-corrected chi connectivity index (χ0v) is 8.54. The summed E-state index contributed by atoms with van der Waals surface area (Å²) in [5.74, 6) is 0. The summed E-state index contributed by atoms with van der Waals surface area (Å²) in [7, 11) is 1.78. The van der Waals surface area contributed by atoms with Crippen molar-refractivity contribution in [2.45, 2.75) is 25.3 Å². The van der Waals surface area contributed by atoms with Gasteiger partial charge < -0.3 is 4.74 Å². The van der Waals surface area contributed by atoms with Crippen molar-refractivity contribution in [1.29, 1.82) is 0 Å². The maximum absolute atomic E-state index is 5.17. The Labute approximate surface area is 80.6 Å². The third-order valence-electron chi connectivity index (χ3n) is 3.23. The molecule has 76 valence electrons.